The normalized spacial score (nSPS) is 17.8. The minimum absolute atomic E-state index is 0.0774. The smallest absolute Gasteiger partial charge is 0.274 e. The fourth-order valence-corrected chi connectivity index (χ4v) is 4.37. The van der Waals surface area contributed by atoms with Crippen LogP contribution in [0.3, 0.4) is 0 Å². The number of benzene rings is 1. The highest BCUT2D eigenvalue weighted by Gasteiger charge is 2.50. The van der Waals surface area contributed by atoms with Gasteiger partial charge in [0, 0.05) is 24.2 Å². The Bertz CT molecular complexity index is 799. The standard InChI is InChI=1S/C21H27N3O/c1-4-17(5-2)24-15(3)12-19(22-24)20(25)23-13-16-8-6-7-9-18(16)21(14-23)10-11-21/h6-9,12,17H,4-5,10-11,13-14H2,1-3H3. The summed E-state index contributed by atoms with van der Waals surface area (Å²) in [5, 5.41) is 4.68. The second-order valence-electron chi connectivity index (χ2n) is 7.68. The highest BCUT2D eigenvalue weighted by atomic mass is 16.2. The highest BCUT2D eigenvalue weighted by molar-refractivity contribution is 5.92. The molecule has 1 aromatic heterocycles. The molecule has 1 saturated carbocycles. The molecule has 4 rings (SSSR count). The van der Waals surface area contributed by atoms with Gasteiger partial charge in [-0.1, -0.05) is 38.1 Å². The van der Waals surface area contributed by atoms with Crippen molar-refractivity contribution in [3.05, 3.63) is 52.8 Å². The molecule has 132 valence electrons. The number of hydrogen-bond acceptors (Lipinski definition) is 2. The van der Waals surface area contributed by atoms with E-state index < -0.39 is 0 Å². The first-order chi connectivity index (χ1) is 12.1. The van der Waals surface area contributed by atoms with Gasteiger partial charge in [-0.3, -0.25) is 9.48 Å². The lowest BCUT2D eigenvalue weighted by atomic mass is 9.87. The summed E-state index contributed by atoms with van der Waals surface area (Å²) < 4.78 is 2.04. The van der Waals surface area contributed by atoms with E-state index in [9.17, 15) is 4.79 Å². The van der Waals surface area contributed by atoms with Crippen molar-refractivity contribution < 1.29 is 4.79 Å². The predicted octanol–water partition coefficient (Wildman–Crippen LogP) is 4.24. The van der Waals surface area contributed by atoms with E-state index in [1.165, 1.54) is 24.0 Å². The minimum atomic E-state index is 0.0774. The third-order valence-corrected chi connectivity index (χ3v) is 6.01. The van der Waals surface area contributed by atoms with Crippen molar-refractivity contribution in [2.75, 3.05) is 6.54 Å². The lowest BCUT2D eigenvalue weighted by Gasteiger charge is -2.34. The van der Waals surface area contributed by atoms with Crippen LogP contribution in [-0.4, -0.2) is 27.1 Å². The molecule has 1 aliphatic heterocycles. The maximum Gasteiger partial charge on any atom is 0.274 e. The Morgan fingerprint density at radius 2 is 1.96 bits per heavy atom. The maximum absolute atomic E-state index is 13.1. The molecule has 2 heterocycles. The summed E-state index contributed by atoms with van der Waals surface area (Å²) in [7, 11) is 0. The molecule has 1 aliphatic carbocycles. The van der Waals surface area contributed by atoms with E-state index in [4.69, 9.17) is 0 Å². The van der Waals surface area contributed by atoms with E-state index in [2.05, 4.69) is 50.1 Å². The van der Waals surface area contributed by atoms with Gasteiger partial charge in [0.1, 0.15) is 0 Å². The van der Waals surface area contributed by atoms with Crippen molar-refractivity contribution in [1.82, 2.24) is 14.7 Å². The number of fused-ring (bicyclic) bond motifs is 2. The van der Waals surface area contributed by atoms with Gasteiger partial charge in [-0.05, 0) is 49.8 Å². The molecule has 1 amide bonds. The Balaban J connectivity index is 1.62. The number of hydrogen-bond donors (Lipinski definition) is 0. The lowest BCUT2D eigenvalue weighted by Crippen LogP contribution is -2.41. The van der Waals surface area contributed by atoms with Crippen LogP contribution in [-0.2, 0) is 12.0 Å². The third kappa shape index (κ3) is 2.68. The first-order valence-corrected chi connectivity index (χ1v) is 9.52. The molecule has 4 heteroatoms. The van der Waals surface area contributed by atoms with Crippen LogP contribution in [0.25, 0.3) is 0 Å². The van der Waals surface area contributed by atoms with Crippen molar-refractivity contribution in [2.45, 2.75) is 64.5 Å². The van der Waals surface area contributed by atoms with Gasteiger partial charge in [0.05, 0.1) is 6.04 Å². The van der Waals surface area contributed by atoms with Crippen molar-refractivity contribution in [3.63, 3.8) is 0 Å². The molecular formula is C21H27N3O. The van der Waals surface area contributed by atoms with Crippen LogP contribution >= 0.6 is 0 Å². The fraction of sp³-hybridized carbons (Fsp3) is 0.524. The Morgan fingerprint density at radius 1 is 1.24 bits per heavy atom. The van der Waals surface area contributed by atoms with Crippen molar-refractivity contribution in [2.24, 2.45) is 0 Å². The molecule has 25 heavy (non-hydrogen) atoms. The second kappa shape index (κ2) is 6.01. The van der Waals surface area contributed by atoms with Crippen LogP contribution in [0.5, 0.6) is 0 Å². The lowest BCUT2D eigenvalue weighted by molar-refractivity contribution is 0.0702. The molecule has 1 fully saturated rings. The SMILES string of the molecule is CCC(CC)n1nc(C(=O)N2Cc3ccccc3C3(CC3)C2)cc1C. The molecule has 2 aliphatic rings. The highest BCUT2D eigenvalue weighted by Crippen LogP contribution is 2.52. The molecule has 0 bridgehead atoms. The molecule has 0 unspecified atom stereocenters. The maximum atomic E-state index is 13.1. The first kappa shape index (κ1) is 16.4. The largest absolute Gasteiger partial charge is 0.332 e. The fourth-order valence-electron chi connectivity index (χ4n) is 4.37. The van der Waals surface area contributed by atoms with E-state index in [0.29, 0.717) is 18.3 Å². The van der Waals surface area contributed by atoms with Crippen molar-refractivity contribution in [1.29, 1.82) is 0 Å². The van der Waals surface area contributed by atoms with E-state index in [1.807, 2.05) is 15.6 Å². The quantitative estimate of drug-likeness (QED) is 0.837. The van der Waals surface area contributed by atoms with Gasteiger partial charge < -0.3 is 4.90 Å². The predicted molar refractivity (Wildman–Crippen MR) is 98.7 cm³/mol. The first-order valence-electron chi connectivity index (χ1n) is 9.52. The molecule has 0 N–H and O–H groups in total. The topological polar surface area (TPSA) is 38.1 Å². The van der Waals surface area contributed by atoms with Crippen LogP contribution in [0, 0.1) is 6.92 Å². The molecule has 0 saturated heterocycles. The van der Waals surface area contributed by atoms with Gasteiger partial charge in [-0.15, -0.1) is 0 Å². The molecule has 1 spiro atoms. The Kier molecular flexibility index (Phi) is 3.94. The Morgan fingerprint density at radius 3 is 2.64 bits per heavy atom. The second-order valence-corrected chi connectivity index (χ2v) is 7.68. The molecule has 0 atom stereocenters. The van der Waals surface area contributed by atoms with Gasteiger partial charge in [-0.2, -0.15) is 5.10 Å². The molecule has 4 nitrogen and oxygen atoms in total. The molecule has 1 aromatic carbocycles. The van der Waals surface area contributed by atoms with Gasteiger partial charge in [0.25, 0.3) is 5.91 Å². The number of nitrogens with zero attached hydrogens (tertiary/aromatic N) is 3. The Hall–Kier alpha value is -2.10. The van der Waals surface area contributed by atoms with E-state index in [0.717, 1.165) is 25.1 Å². The van der Waals surface area contributed by atoms with Crippen molar-refractivity contribution >= 4 is 5.91 Å². The average molecular weight is 337 g/mol. The van der Waals surface area contributed by atoms with Crippen LogP contribution in [0.15, 0.2) is 30.3 Å². The summed E-state index contributed by atoms with van der Waals surface area (Å²) in [5.41, 5.74) is 4.64. The zero-order valence-electron chi connectivity index (χ0n) is 15.5. The summed E-state index contributed by atoms with van der Waals surface area (Å²) >= 11 is 0. The van der Waals surface area contributed by atoms with Crippen LogP contribution in [0.1, 0.15) is 72.9 Å². The van der Waals surface area contributed by atoms with Gasteiger partial charge >= 0.3 is 0 Å². The third-order valence-electron chi connectivity index (χ3n) is 6.01. The number of aromatic nitrogens is 2. The van der Waals surface area contributed by atoms with Crippen LogP contribution in [0.4, 0.5) is 0 Å². The van der Waals surface area contributed by atoms with Crippen molar-refractivity contribution in [3.8, 4) is 0 Å². The molecular weight excluding hydrogens is 310 g/mol. The zero-order chi connectivity index (χ0) is 17.6. The van der Waals surface area contributed by atoms with E-state index in [-0.39, 0.29) is 11.3 Å². The Labute approximate surface area is 149 Å². The number of carbonyl (C=O) groups is 1. The summed E-state index contributed by atoms with van der Waals surface area (Å²) in [4.78, 5) is 15.1. The zero-order valence-corrected chi connectivity index (χ0v) is 15.5. The summed E-state index contributed by atoms with van der Waals surface area (Å²) in [5.74, 6) is 0.0774. The summed E-state index contributed by atoms with van der Waals surface area (Å²) in [6.45, 7) is 7.94. The molecule has 2 aromatic rings. The van der Waals surface area contributed by atoms with E-state index >= 15 is 0 Å². The summed E-state index contributed by atoms with van der Waals surface area (Å²) in [6.07, 6.45) is 4.45. The molecule has 0 radical (unpaired) electrons. The van der Waals surface area contributed by atoms with Crippen LogP contribution in [0.2, 0.25) is 0 Å². The van der Waals surface area contributed by atoms with Crippen LogP contribution < -0.4 is 0 Å². The average Bonchev–Trinajstić information content (AvgIpc) is 3.29. The summed E-state index contributed by atoms with van der Waals surface area (Å²) in [6, 6.07) is 10.9. The number of aryl methyl sites for hydroxylation is 1. The van der Waals surface area contributed by atoms with Gasteiger partial charge in [0.15, 0.2) is 5.69 Å². The number of rotatable bonds is 4. The number of amides is 1. The van der Waals surface area contributed by atoms with Gasteiger partial charge in [-0.25, -0.2) is 0 Å². The van der Waals surface area contributed by atoms with Gasteiger partial charge in [0.2, 0.25) is 0 Å². The van der Waals surface area contributed by atoms with E-state index in [1.54, 1.807) is 0 Å². The minimum Gasteiger partial charge on any atom is -0.332 e. The number of carbonyl (C=O) groups excluding carboxylic acids is 1. The monoisotopic (exact) mass is 337 g/mol.